The first-order chi connectivity index (χ1) is 21.8. The lowest BCUT2D eigenvalue weighted by molar-refractivity contribution is -0.180. The average molecular weight is 618 g/mol. The molecule has 5 rings (SSSR count). The Balaban J connectivity index is 0.898. The predicted molar refractivity (Wildman–Crippen MR) is 171 cm³/mol. The molecule has 0 spiro atoms. The lowest BCUT2D eigenvalue weighted by atomic mass is 10.0. The van der Waals surface area contributed by atoms with Crippen molar-refractivity contribution in [2.75, 3.05) is 44.0 Å². The molecule has 0 radical (unpaired) electrons. The van der Waals surface area contributed by atoms with Crippen LogP contribution in [0.15, 0.2) is 66.7 Å². The molecule has 240 valence electrons. The zero-order valence-corrected chi connectivity index (χ0v) is 26.1. The minimum Gasteiger partial charge on any atom is -0.463 e. The molecule has 45 heavy (non-hydrogen) atoms. The SMILES string of the molecule is CC1(C)OCc2cc(C3CN(CCCCCCOCCOCc4cccc(NC(=O)c5cccc(N)c5)c4)C(=O)O3)ccc2O1. The molecule has 0 bridgehead atoms. The molecule has 0 saturated carbocycles. The number of nitrogens with one attached hydrogen (secondary N) is 1. The van der Waals surface area contributed by atoms with Gasteiger partial charge in [-0.05, 0) is 66.4 Å². The van der Waals surface area contributed by atoms with E-state index in [4.69, 9.17) is 29.4 Å². The second-order valence-electron chi connectivity index (χ2n) is 11.8. The van der Waals surface area contributed by atoms with Crippen molar-refractivity contribution in [3.63, 3.8) is 0 Å². The van der Waals surface area contributed by atoms with Gasteiger partial charge < -0.3 is 39.6 Å². The number of carbonyl (C=O) groups excluding carboxylic acids is 2. The van der Waals surface area contributed by atoms with Crippen LogP contribution < -0.4 is 15.8 Å². The highest BCUT2D eigenvalue weighted by molar-refractivity contribution is 6.04. The summed E-state index contributed by atoms with van der Waals surface area (Å²) in [7, 11) is 0. The Kier molecular flexibility index (Phi) is 10.9. The third kappa shape index (κ3) is 9.43. The van der Waals surface area contributed by atoms with Gasteiger partial charge in [-0.1, -0.05) is 37.1 Å². The van der Waals surface area contributed by atoms with E-state index in [0.717, 1.165) is 48.1 Å². The largest absolute Gasteiger partial charge is 0.463 e. The van der Waals surface area contributed by atoms with Crippen LogP contribution in [0, 0.1) is 0 Å². The Morgan fingerprint density at radius 2 is 1.80 bits per heavy atom. The smallest absolute Gasteiger partial charge is 0.410 e. The minimum atomic E-state index is -0.636. The van der Waals surface area contributed by atoms with Crippen molar-refractivity contribution in [2.45, 2.75) is 64.6 Å². The van der Waals surface area contributed by atoms with Crippen LogP contribution in [0.25, 0.3) is 0 Å². The van der Waals surface area contributed by atoms with Crippen LogP contribution >= 0.6 is 0 Å². The quantitative estimate of drug-likeness (QED) is 0.147. The topological polar surface area (TPSA) is 122 Å². The standard InChI is InChI=1S/C35H43N3O7/c1-35(2)43-24-28-20-26(13-14-31(28)45-35)32-22-38(34(40)44-32)15-5-3-4-6-16-41-17-18-42-23-25-9-7-12-30(19-25)37-33(39)27-10-8-11-29(36)21-27/h7-14,19-21,32H,3-6,15-18,22-24,36H2,1-2H3,(H,37,39). The summed E-state index contributed by atoms with van der Waals surface area (Å²) in [5.41, 5.74) is 10.4. The second kappa shape index (κ2) is 15.2. The fraction of sp³-hybridized carbons (Fsp3) is 0.429. The third-order valence-corrected chi connectivity index (χ3v) is 7.72. The Morgan fingerprint density at radius 1 is 0.978 bits per heavy atom. The summed E-state index contributed by atoms with van der Waals surface area (Å²) in [6.07, 6.45) is 3.38. The zero-order valence-electron chi connectivity index (χ0n) is 26.1. The van der Waals surface area contributed by atoms with E-state index in [1.807, 2.05) is 56.3 Å². The molecule has 1 unspecified atom stereocenters. The summed E-state index contributed by atoms with van der Waals surface area (Å²) in [6, 6.07) is 20.4. The highest BCUT2D eigenvalue weighted by atomic mass is 16.7. The molecule has 10 heteroatoms. The van der Waals surface area contributed by atoms with Crippen molar-refractivity contribution < 1.29 is 33.3 Å². The lowest BCUT2D eigenvalue weighted by Gasteiger charge is -2.32. The molecule has 10 nitrogen and oxygen atoms in total. The number of benzene rings is 3. The highest BCUT2D eigenvalue weighted by Crippen LogP contribution is 2.35. The van der Waals surface area contributed by atoms with Crippen LogP contribution in [0.4, 0.5) is 16.2 Å². The van der Waals surface area contributed by atoms with E-state index in [1.165, 1.54) is 0 Å². The van der Waals surface area contributed by atoms with Gasteiger partial charge in [0, 0.05) is 49.5 Å². The predicted octanol–water partition coefficient (Wildman–Crippen LogP) is 6.45. The monoisotopic (exact) mass is 617 g/mol. The Bertz CT molecular complexity index is 1460. The van der Waals surface area contributed by atoms with Crippen LogP contribution in [0.3, 0.4) is 0 Å². The number of rotatable bonds is 15. The number of unbranched alkanes of at least 4 members (excludes halogenated alkanes) is 3. The summed E-state index contributed by atoms with van der Waals surface area (Å²) >= 11 is 0. The molecule has 3 aromatic carbocycles. The van der Waals surface area contributed by atoms with Gasteiger partial charge in [0.05, 0.1) is 33.0 Å². The van der Waals surface area contributed by atoms with Gasteiger partial charge in [0.25, 0.3) is 5.91 Å². The van der Waals surface area contributed by atoms with E-state index >= 15 is 0 Å². The fourth-order valence-electron chi connectivity index (χ4n) is 5.31. The average Bonchev–Trinajstić information content (AvgIpc) is 3.39. The fourth-order valence-corrected chi connectivity index (χ4v) is 5.31. The maximum atomic E-state index is 12.5. The van der Waals surface area contributed by atoms with Crippen molar-refractivity contribution in [2.24, 2.45) is 0 Å². The molecule has 3 N–H and O–H groups in total. The van der Waals surface area contributed by atoms with Gasteiger partial charge in [0.2, 0.25) is 5.79 Å². The number of amides is 2. The van der Waals surface area contributed by atoms with Crippen molar-refractivity contribution >= 4 is 23.4 Å². The summed E-state index contributed by atoms with van der Waals surface area (Å²) < 4.78 is 28.7. The van der Waals surface area contributed by atoms with Crippen molar-refractivity contribution in [3.8, 4) is 5.75 Å². The molecule has 1 fully saturated rings. The van der Waals surface area contributed by atoms with Gasteiger partial charge in [-0.25, -0.2) is 4.79 Å². The summed E-state index contributed by atoms with van der Waals surface area (Å²) in [5, 5.41) is 2.89. The first kappa shape index (κ1) is 32.3. The number of cyclic esters (lactones) is 1. The first-order valence-electron chi connectivity index (χ1n) is 15.6. The maximum Gasteiger partial charge on any atom is 0.410 e. The molecule has 0 aromatic heterocycles. The highest BCUT2D eigenvalue weighted by Gasteiger charge is 2.33. The van der Waals surface area contributed by atoms with E-state index < -0.39 is 5.79 Å². The van der Waals surface area contributed by atoms with E-state index in [0.29, 0.717) is 63.1 Å². The van der Waals surface area contributed by atoms with Crippen molar-refractivity contribution in [1.29, 1.82) is 0 Å². The number of hydrogen-bond donors (Lipinski definition) is 2. The summed E-state index contributed by atoms with van der Waals surface area (Å²) in [6.45, 7) is 7.60. The van der Waals surface area contributed by atoms with Crippen LogP contribution in [0.1, 0.15) is 72.7 Å². The number of nitrogen functional groups attached to an aromatic ring is 1. The van der Waals surface area contributed by atoms with Crippen LogP contribution in [-0.2, 0) is 32.2 Å². The van der Waals surface area contributed by atoms with Gasteiger partial charge in [0.1, 0.15) is 11.9 Å². The molecule has 2 amide bonds. The summed E-state index contributed by atoms with van der Waals surface area (Å²) in [4.78, 5) is 26.7. The number of anilines is 2. The van der Waals surface area contributed by atoms with Gasteiger partial charge >= 0.3 is 6.09 Å². The number of fused-ring (bicyclic) bond motifs is 1. The van der Waals surface area contributed by atoms with E-state index in [1.54, 1.807) is 29.2 Å². The molecule has 2 heterocycles. The third-order valence-electron chi connectivity index (χ3n) is 7.72. The Morgan fingerprint density at radius 3 is 2.67 bits per heavy atom. The van der Waals surface area contributed by atoms with E-state index in [2.05, 4.69) is 5.32 Å². The number of nitrogens with zero attached hydrogens (tertiary/aromatic N) is 1. The Labute approximate surface area is 264 Å². The molecule has 0 aliphatic carbocycles. The molecular weight excluding hydrogens is 574 g/mol. The van der Waals surface area contributed by atoms with Crippen molar-refractivity contribution in [3.05, 3.63) is 89.0 Å². The van der Waals surface area contributed by atoms with Crippen LogP contribution in [-0.4, -0.2) is 55.6 Å². The molecule has 1 saturated heterocycles. The van der Waals surface area contributed by atoms with Gasteiger partial charge in [-0.3, -0.25) is 4.79 Å². The number of ether oxygens (including phenoxy) is 5. The maximum absolute atomic E-state index is 12.5. The number of nitrogens with two attached hydrogens (primary N) is 1. The molecule has 2 aliphatic rings. The molecule has 2 aliphatic heterocycles. The minimum absolute atomic E-state index is 0.210. The molecule has 3 aromatic rings. The van der Waals surface area contributed by atoms with E-state index in [9.17, 15) is 9.59 Å². The van der Waals surface area contributed by atoms with Crippen molar-refractivity contribution in [1.82, 2.24) is 4.90 Å². The number of hydrogen-bond acceptors (Lipinski definition) is 8. The molecular formula is C35H43N3O7. The van der Waals surface area contributed by atoms with Crippen LogP contribution in [0.5, 0.6) is 5.75 Å². The van der Waals surface area contributed by atoms with Gasteiger partial charge in [0.15, 0.2) is 0 Å². The second-order valence-corrected chi connectivity index (χ2v) is 11.8. The number of carbonyl (C=O) groups is 2. The van der Waals surface area contributed by atoms with Crippen LogP contribution in [0.2, 0.25) is 0 Å². The Hall–Kier alpha value is -4.12. The van der Waals surface area contributed by atoms with Gasteiger partial charge in [-0.15, -0.1) is 0 Å². The zero-order chi connectivity index (χ0) is 31.6. The summed E-state index contributed by atoms with van der Waals surface area (Å²) in [5.74, 6) is -0.0324. The molecule has 1 atom stereocenters. The lowest BCUT2D eigenvalue weighted by Crippen LogP contribution is -2.35. The van der Waals surface area contributed by atoms with E-state index in [-0.39, 0.29) is 18.1 Å². The first-order valence-corrected chi connectivity index (χ1v) is 15.6. The van der Waals surface area contributed by atoms with Gasteiger partial charge in [-0.2, -0.15) is 0 Å². The normalized spacial score (nSPS) is 17.0.